The highest BCUT2D eigenvalue weighted by Gasteiger charge is 2.47. The first-order valence-corrected chi connectivity index (χ1v) is 7.13. The van der Waals surface area contributed by atoms with Gasteiger partial charge in [-0.1, -0.05) is 11.6 Å². The summed E-state index contributed by atoms with van der Waals surface area (Å²) < 4.78 is 5.46. The number of methoxy groups -OCH3 is 1. The molecule has 2 bridgehead atoms. The molecule has 0 amide bonds. The first kappa shape index (κ1) is 12.9. The van der Waals surface area contributed by atoms with Crippen LogP contribution in [0.25, 0.3) is 0 Å². The molecule has 1 N–H and O–H groups in total. The fraction of sp³-hybridized carbons (Fsp3) is 0.625. The van der Waals surface area contributed by atoms with Crippen molar-refractivity contribution in [2.24, 2.45) is 0 Å². The number of aryl methyl sites for hydroxylation is 1. The van der Waals surface area contributed by atoms with Gasteiger partial charge < -0.3 is 14.7 Å². The van der Waals surface area contributed by atoms with E-state index in [4.69, 9.17) is 4.74 Å². The molecule has 2 saturated heterocycles. The largest absolute Gasteiger partial charge is 0.496 e. The van der Waals surface area contributed by atoms with E-state index in [0.29, 0.717) is 12.1 Å². The molecule has 104 valence electrons. The molecule has 0 radical (unpaired) electrons. The van der Waals surface area contributed by atoms with Crippen LogP contribution in [0.3, 0.4) is 0 Å². The number of hydrogen-bond donors (Lipinski definition) is 1. The van der Waals surface area contributed by atoms with Crippen LogP contribution >= 0.6 is 0 Å². The van der Waals surface area contributed by atoms with Crippen molar-refractivity contribution in [1.82, 2.24) is 4.90 Å². The summed E-state index contributed by atoms with van der Waals surface area (Å²) in [5.41, 5.74) is 1.42. The molecule has 1 aromatic rings. The predicted octanol–water partition coefficient (Wildman–Crippen LogP) is 2.45. The van der Waals surface area contributed by atoms with Crippen LogP contribution in [0, 0.1) is 6.92 Å². The monoisotopic (exact) mass is 261 g/mol. The minimum absolute atomic E-state index is 0.508. The van der Waals surface area contributed by atoms with E-state index in [-0.39, 0.29) is 0 Å². The zero-order valence-electron chi connectivity index (χ0n) is 12.0. The van der Waals surface area contributed by atoms with Crippen molar-refractivity contribution in [3.63, 3.8) is 0 Å². The zero-order valence-corrected chi connectivity index (χ0v) is 12.0. The maximum absolute atomic E-state index is 11.2. The van der Waals surface area contributed by atoms with Gasteiger partial charge in [0.1, 0.15) is 5.75 Å². The van der Waals surface area contributed by atoms with Crippen LogP contribution in [-0.2, 0) is 5.60 Å². The van der Waals surface area contributed by atoms with Crippen molar-refractivity contribution < 1.29 is 9.84 Å². The summed E-state index contributed by atoms with van der Waals surface area (Å²) in [6.45, 7) is 2.07. The van der Waals surface area contributed by atoms with Gasteiger partial charge in [-0.25, -0.2) is 0 Å². The fourth-order valence-electron chi connectivity index (χ4n) is 3.85. The Morgan fingerprint density at radius 2 is 1.89 bits per heavy atom. The number of aliphatic hydroxyl groups is 1. The van der Waals surface area contributed by atoms with Gasteiger partial charge in [0.05, 0.1) is 12.7 Å². The van der Waals surface area contributed by atoms with Gasteiger partial charge in [-0.2, -0.15) is 0 Å². The summed E-state index contributed by atoms with van der Waals surface area (Å²) in [5.74, 6) is 0.817. The Morgan fingerprint density at radius 1 is 1.26 bits per heavy atom. The first-order chi connectivity index (χ1) is 9.03. The third-order valence-electron chi connectivity index (χ3n) is 4.99. The maximum atomic E-state index is 11.2. The van der Waals surface area contributed by atoms with Gasteiger partial charge in [0.15, 0.2) is 0 Å². The maximum Gasteiger partial charge on any atom is 0.124 e. The van der Waals surface area contributed by atoms with Gasteiger partial charge >= 0.3 is 0 Å². The predicted molar refractivity (Wildman–Crippen MR) is 75.4 cm³/mol. The molecule has 19 heavy (non-hydrogen) atoms. The molecular formula is C16H23NO2. The summed E-state index contributed by atoms with van der Waals surface area (Å²) in [6, 6.07) is 7.12. The lowest BCUT2D eigenvalue weighted by Crippen LogP contribution is -2.47. The van der Waals surface area contributed by atoms with E-state index in [1.807, 2.05) is 12.1 Å². The van der Waals surface area contributed by atoms with Crippen molar-refractivity contribution in [1.29, 1.82) is 0 Å². The minimum atomic E-state index is -0.726. The SMILES string of the molecule is COc1ccc(C)cc1C1(O)CC2CCC(C1)N2C. The van der Waals surface area contributed by atoms with Gasteiger partial charge in [0.25, 0.3) is 0 Å². The van der Waals surface area contributed by atoms with Crippen molar-refractivity contribution in [2.45, 2.75) is 50.3 Å². The normalized spacial score (nSPS) is 34.5. The van der Waals surface area contributed by atoms with Crippen molar-refractivity contribution in [2.75, 3.05) is 14.2 Å². The Morgan fingerprint density at radius 3 is 2.47 bits per heavy atom. The molecule has 2 heterocycles. The second kappa shape index (κ2) is 4.50. The zero-order chi connectivity index (χ0) is 13.6. The number of nitrogens with zero attached hydrogens (tertiary/aromatic N) is 1. The standard InChI is InChI=1S/C16H23NO2/c1-11-4-7-15(19-3)14(8-11)16(18)9-12-5-6-13(10-16)17(12)2/h4,7-8,12-13,18H,5-6,9-10H2,1-3H3. The Kier molecular flexibility index (Phi) is 3.06. The highest BCUT2D eigenvalue weighted by Crippen LogP contribution is 2.47. The third-order valence-corrected chi connectivity index (χ3v) is 4.99. The van der Waals surface area contributed by atoms with Crippen molar-refractivity contribution >= 4 is 0 Å². The van der Waals surface area contributed by atoms with Crippen molar-refractivity contribution in [3.05, 3.63) is 29.3 Å². The lowest BCUT2D eigenvalue weighted by Gasteiger charge is -2.42. The number of piperidine rings is 1. The molecule has 0 saturated carbocycles. The molecule has 3 rings (SSSR count). The fourth-order valence-corrected chi connectivity index (χ4v) is 3.85. The van der Waals surface area contributed by atoms with E-state index in [1.165, 1.54) is 18.4 Å². The quantitative estimate of drug-likeness (QED) is 0.887. The van der Waals surface area contributed by atoms with E-state index in [9.17, 15) is 5.11 Å². The summed E-state index contributed by atoms with van der Waals surface area (Å²) in [6.07, 6.45) is 4.05. The first-order valence-electron chi connectivity index (χ1n) is 7.13. The Balaban J connectivity index is 1.99. The van der Waals surface area contributed by atoms with Gasteiger partial charge in [0, 0.05) is 17.6 Å². The van der Waals surface area contributed by atoms with E-state index >= 15 is 0 Å². The Labute approximate surface area is 115 Å². The van der Waals surface area contributed by atoms with E-state index in [0.717, 1.165) is 24.2 Å². The highest BCUT2D eigenvalue weighted by molar-refractivity contribution is 5.41. The lowest BCUT2D eigenvalue weighted by atomic mass is 9.80. The average molecular weight is 261 g/mol. The van der Waals surface area contributed by atoms with Crippen LogP contribution in [0.5, 0.6) is 5.75 Å². The molecule has 3 nitrogen and oxygen atoms in total. The van der Waals surface area contributed by atoms with E-state index in [2.05, 4.69) is 24.9 Å². The molecule has 2 fully saturated rings. The second-order valence-corrected chi connectivity index (χ2v) is 6.19. The van der Waals surface area contributed by atoms with Crippen LogP contribution < -0.4 is 4.74 Å². The molecule has 2 aliphatic heterocycles. The molecule has 3 heteroatoms. The van der Waals surface area contributed by atoms with E-state index in [1.54, 1.807) is 7.11 Å². The number of hydrogen-bond acceptors (Lipinski definition) is 3. The summed E-state index contributed by atoms with van der Waals surface area (Å²) >= 11 is 0. The van der Waals surface area contributed by atoms with E-state index < -0.39 is 5.60 Å². The van der Waals surface area contributed by atoms with Crippen LogP contribution in [0.15, 0.2) is 18.2 Å². The second-order valence-electron chi connectivity index (χ2n) is 6.19. The molecule has 0 spiro atoms. The lowest BCUT2D eigenvalue weighted by molar-refractivity contribution is -0.0506. The number of ether oxygens (including phenoxy) is 1. The number of benzene rings is 1. The summed E-state index contributed by atoms with van der Waals surface area (Å²) in [7, 11) is 3.87. The molecule has 0 aliphatic carbocycles. The number of rotatable bonds is 2. The van der Waals surface area contributed by atoms with Crippen LogP contribution in [-0.4, -0.2) is 36.2 Å². The average Bonchev–Trinajstić information content (AvgIpc) is 2.63. The summed E-state index contributed by atoms with van der Waals surface area (Å²) in [5, 5.41) is 11.2. The Bertz CT molecular complexity index is 472. The molecule has 2 atom stereocenters. The summed E-state index contributed by atoms with van der Waals surface area (Å²) in [4.78, 5) is 2.44. The van der Waals surface area contributed by atoms with Gasteiger partial charge in [0.2, 0.25) is 0 Å². The van der Waals surface area contributed by atoms with Gasteiger partial charge in [-0.15, -0.1) is 0 Å². The van der Waals surface area contributed by atoms with Gasteiger partial charge in [-0.05, 0) is 51.8 Å². The topological polar surface area (TPSA) is 32.7 Å². The van der Waals surface area contributed by atoms with Gasteiger partial charge in [-0.3, -0.25) is 0 Å². The third kappa shape index (κ3) is 2.05. The number of fused-ring (bicyclic) bond motifs is 2. The highest BCUT2D eigenvalue weighted by atomic mass is 16.5. The smallest absolute Gasteiger partial charge is 0.124 e. The minimum Gasteiger partial charge on any atom is -0.496 e. The van der Waals surface area contributed by atoms with Crippen LogP contribution in [0.2, 0.25) is 0 Å². The molecule has 2 aliphatic rings. The van der Waals surface area contributed by atoms with Crippen LogP contribution in [0.1, 0.15) is 36.8 Å². The molecule has 0 aromatic heterocycles. The van der Waals surface area contributed by atoms with Crippen molar-refractivity contribution in [3.8, 4) is 5.75 Å². The Hall–Kier alpha value is -1.06. The molecule has 1 aromatic carbocycles. The molecule has 2 unspecified atom stereocenters. The molecular weight excluding hydrogens is 238 g/mol. The van der Waals surface area contributed by atoms with Crippen LogP contribution in [0.4, 0.5) is 0 Å².